The van der Waals surface area contributed by atoms with E-state index in [2.05, 4.69) is 35.7 Å². The fourth-order valence-corrected chi connectivity index (χ4v) is 2.89. The van der Waals surface area contributed by atoms with Gasteiger partial charge in [0.15, 0.2) is 0 Å². The average Bonchev–Trinajstić information content (AvgIpc) is 2.48. The van der Waals surface area contributed by atoms with E-state index in [1.807, 2.05) is 6.07 Å². The van der Waals surface area contributed by atoms with Crippen molar-refractivity contribution in [2.45, 2.75) is 25.7 Å². The molecular formula is C19H19BrClF3. The first-order valence-corrected chi connectivity index (χ1v) is 8.44. The van der Waals surface area contributed by atoms with Crippen molar-refractivity contribution in [3.63, 3.8) is 0 Å². The minimum absolute atomic E-state index is 0.0924. The van der Waals surface area contributed by atoms with Crippen LogP contribution in [0.25, 0.3) is 0 Å². The van der Waals surface area contributed by atoms with E-state index in [0.29, 0.717) is 34.4 Å². The molecule has 0 spiro atoms. The molecule has 0 heterocycles. The number of hydrogen-bond donors (Lipinski definition) is 0. The molecule has 1 aromatic carbocycles. The molecule has 0 N–H and O–H groups in total. The number of benzene rings is 1. The van der Waals surface area contributed by atoms with Crippen LogP contribution in [0.15, 0.2) is 59.1 Å². The van der Waals surface area contributed by atoms with E-state index < -0.39 is 12.8 Å². The largest absolute Gasteiger partial charge is 0.266 e. The zero-order valence-electron chi connectivity index (χ0n) is 13.3. The predicted octanol–water partition coefficient (Wildman–Crippen LogP) is 6.82. The topological polar surface area (TPSA) is 0 Å². The van der Waals surface area contributed by atoms with E-state index in [9.17, 15) is 13.2 Å². The highest BCUT2D eigenvalue weighted by Gasteiger charge is 2.15. The maximum atomic E-state index is 12.9. The van der Waals surface area contributed by atoms with E-state index in [0.717, 1.165) is 28.3 Å². The Morgan fingerprint density at radius 1 is 1.04 bits per heavy atom. The van der Waals surface area contributed by atoms with Gasteiger partial charge >= 0.3 is 0 Å². The molecule has 24 heavy (non-hydrogen) atoms. The lowest BCUT2D eigenvalue weighted by atomic mass is 9.87. The molecule has 0 aliphatic heterocycles. The Balaban J connectivity index is 3.47. The van der Waals surface area contributed by atoms with Crippen molar-refractivity contribution < 1.29 is 13.2 Å². The zero-order valence-corrected chi connectivity index (χ0v) is 15.6. The van der Waals surface area contributed by atoms with Crippen molar-refractivity contribution in [3.8, 4) is 0 Å². The van der Waals surface area contributed by atoms with Gasteiger partial charge in [-0.15, -0.1) is 0 Å². The minimum Gasteiger partial charge on any atom is -0.246 e. The Labute approximate surface area is 154 Å². The molecule has 130 valence electrons. The van der Waals surface area contributed by atoms with Gasteiger partial charge in [-0.25, -0.2) is 4.39 Å². The molecule has 0 aromatic heterocycles. The summed E-state index contributed by atoms with van der Waals surface area (Å²) in [5, 5.41) is 0.452. The second kappa shape index (κ2) is 9.90. The lowest BCUT2D eigenvalue weighted by Gasteiger charge is -2.19. The fraction of sp³-hybridized carbons (Fsp3) is 0.263. The van der Waals surface area contributed by atoms with Gasteiger partial charge in [0.2, 0.25) is 0 Å². The molecule has 0 nitrogen and oxygen atoms in total. The van der Waals surface area contributed by atoms with Crippen molar-refractivity contribution >= 4 is 27.5 Å². The summed E-state index contributed by atoms with van der Waals surface area (Å²) in [7, 11) is 0. The summed E-state index contributed by atoms with van der Waals surface area (Å²) in [5.74, 6) is 0. The standard InChI is InChI=1S/C19H19BrClF3/c1-12(11-22)8-17-16(10-14(3)21)5-4-15(6-7-19(23)24)18(17)9-13(2)20/h4-5,7H,1-3,6,8-11H2. The first-order chi connectivity index (χ1) is 11.2. The lowest BCUT2D eigenvalue weighted by Crippen LogP contribution is -2.07. The third-order valence-corrected chi connectivity index (χ3v) is 3.88. The highest BCUT2D eigenvalue weighted by molar-refractivity contribution is 9.11. The first-order valence-electron chi connectivity index (χ1n) is 7.27. The quantitative estimate of drug-likeness (QED) is 0.385. The monoisotopic (exact) mass is 418 g/mol. The number of alkyl halides is 1. The van der Waals surface area contributed by atoms with Crippen molar-refractivity contribution in [3.05, 3.63) is 81.4 Å². The number of allylic oxidation sites excluding steroid dienone is 4. The van der Waals surface area contributed by atoms with Crippen LogP contribution < -0.4 is 0 Å². The van der Waals surface area contributed by atoms with Crippen LogP contribution in [0, 0.1) is 0 Å². The molecule has 1 aromatic rings. The predicted molar refractivity (Wildman–Crippen MR) is 99.7 cm³/mol. The minimum atomic E-state index is -1.73. The molecule has 0 amide bonds. The van der Waals surface area contributed by atoms with Crippen LogP contribution in [0.1, 0.15) is 22.3 Å². The zero-order chi connectivity index (χ0) is 18.3. The van der Waals surface area contributed by atoms with Gasteiger partial charge in [0.1, 0.15) is 6.67 Å². The molecule has 0 bridgehead atoms. The molecule has 5 heteroatoms. The molecule has 0 atom stereocenters. The Hall–Kier alpha value is -1.26. The van der Waals surface area contributed by atoms with E-state index >= 15 is 0 Å². The van der Waals surface area contributed by atoms with Gasteiger partial charge in [-0.2, -0.15) is 8.78 Å². The van der Waals surface area contributed by atoms with Crippen LogP contribution in [0.5, 0.6) is 0 Å². The van der Waals surface area contributed by atoms with Crippen LogP contribution in [0.4, 0.5) is 13.2 Å². The van der Waals surface area contributed by atoms with Crippen LogP contribution in [0.2, 0.25) is 0 Å². The van der Waals surface area contributed by atoms with Gasteiger partial charge in [-0.1, -0.05) is 59.4 Å². The molecule has 0 aliphatic rings. The molecule has 1 rings (SSSR count). The summed E-state index contributed by atoms with van der Waals surface area (Å²) in [6.07, 6.45) is 0.423. The SMILES string of the molecule is C=C(Cl)Cc1ccc(CC=C(F)F)c(CC(=C)Br)c1CC(=C)CF. The van der Waals surface area contributed by atoms with Gasteiger partial charge in [-0.05, 0) is 51.2 Å². The van der Waals surface area contributed by atoms with Gasteiger partial charge < -0.3 is 0 Å². The summed E-state index contributed by atoms with van der Waals surface area (Å²) in [6, 6.07) is 3.62. The Kier molecular flexibility index (Phi) is 8.57. The van der Waals surface area contributed by atoms with Crippen LogP contribution in [-0.2, 0) is 25.7 Å². The lowest BCUT2D eigenvalue weighted by molar-refractivity contribution is 0.418. The second-order valence-electron chi connectivity index (χ2n) is 5.49. The maximum absolute atomic E-state index is 12.9. The summed E-state index contributed by atoms with van der Waals surface area (Å²) >= 11 is 9.25. The van der Waals surface area contributed by atoms with Crippen molar-refractivity contribution in [2.24, 2.45) is 0 Å². The van der Waals surface area contributed by atoms with Gasteiger partial charge in [0.25, 0.3) is 6.08 Å². The summed E-state index contributed by atoms with van der Waals surface area (Å²) in [4.78, 5) is 0. The van der Waals surface area contributed by atoms with Gasteiger partial charge in [0, 0.05) is 17.9 Å². The summed E-state index contributed by atoms with van der Waals surface area (Å²) < 4.78 is 38.6. The first kappa shape index (κ1) is 20.8. The highest BCUT2D eigenvalue weighted by Crippen LogP contribution is 2.29. The van der Waals surface area contributed by atoms with Crippen molar-refractivity contribution in [1.29, 1.82) is 0 Å². The highest BCUT2D eigenvalue weighted by atomic mass is 79.9. The van der Waals surface area contributed by atoms with E-state index in [4.69, 9.17) is 11.6 Å². The number of rotatable bonds is 9. The summed E-state index contributed by atoms with van der Waals surface area (Å²) in [5.41, 5.74) is 3.75. The third-order valence-electron chi connectivity index (χ3n) is 3.47. The smallest absolute Gasteiger partial charge is 0.246 e. The molecule has 0 saturated heterocycles. The Morgan fingerprint density at radius 3 is 2.12 bits per heavy atom. The second-order valence-corrected chi connectivity index (χ2v) is 7.14. The van der Waals surface area contributed by atoms with Gasteiger partial charge in [0.05, 0.1) is 0 Å². The van der Waals surface area contributed by atoms with Crippen LogP contribution in [-0.4, -0.2) is 6.67 Å². The molecule has 0 unspecified atom stereocenters. The Morgan fingerprint density at radius 2 is 1.62 bits per heavy atom. The van der Waals surface area contributed by atoms with Gasteiger partial charge in [-0.3, -0.25) is 0 Å². The van der Waals surface area contributed by atoms with Crippen molar-refractivity contribution in [2.75, 3.05) is 6.67 Å². The van der Waals surface area contributed by atoms with E-state index in [1.54, 1.807) is 6.07 Å². The van der Waals surface area contributed by atoms with Crippen molar-refractivity contribution in [1.82, 2.24) is 0 Å². The average molecular weight is 420 g/mol. The van der Waals surface area contributed by atoms with Crippen LogP contribution >= 0.6 is 27.5 Å². The molecule has 0 saturated carbocycles. The van der Waals surface area contributed by atoms with E-state index in [1.165, 1.54) is 0 Å². The molecular weight excluding hydrogens is 401 g/mol. The summed E-state index contributed by atoms with van der Waals surface area (Å²) in [6.45, 7) is 10.6. The molecule has 0 aliphatic carbocycles. The molecule has 0 fully saturated rings. The normalized spacial score (nSPS) is 10.4. The maximum Gasteiger partial charge on any atom is 0.266 e. The molecule has 0 radical (unpaired) electrons. The van der Waals surface area contributed by atoms with E-state index in [-0.39, 0.29) is 6.42 Å². The number of halogens is 5. The third kappa shape index (κ3) is 6.70. The van der Waals surface area contributed by atoms with Crippen LogP contribution in [0.3, 0.4) is 0 Å². The fourth-order valence-electron chi connectivity index (χ4n) is 2.47. The number of hydrogen-bond acceptors (Lipinski definition) is 0. The Bertz CT molecular complexity index is 673.